The van der Waals surface area contributed by atoms with Crippen molar-refractivity contribution in [1.82, 2.24) is 16.0 Å². The lowest BCUT2D eigenvalue weighted by Crippen LogP contribution is -2.39. The number of carbonyl (C=O) groups excluding carboxylic acids is 1. The molecule has 1 saturated heterocycles. The predicted octanol–water partition coefficient (Wildman–Crippen LogP) is 1.03. The van der Waals surface area contributed by atoms with Crippen molar-refractivity contribution in [3.05, 3.63) is 30.3 Å². The summed E-state index contributed by atoms with van der Waals surface area (Å²) < 4.78 is 22.8. The van der Waals surface area contributed by atoms with E-state index in [4.69, 9.17) is 0 Å². The number of sulfone groups is 1. The van der Waals surface area contributed by atoms with Crippen LogP contribution in [-0.2, 0) is 14.6 Å². The SMILES string of the molecule is CCNC(=NCCC(=O)NC1CCS(=O)(=O)C1)NCCSc1ccccc1. The molecule has 1 aromatic carbocycles. The van der Waals surface area contributed by atoms with Crippen molar-refractivity contribution in [1.29, 1.82) is 0 Å². The summed E-state index contributed by atoms with van der Waals surface area (Å²) in [5.74, 6) is 1.64. The van der Waals surface area contributed by atoms with E-state index >= 15 is 0 Å². The number of carbonyl (C=O) groups is 1. The van der Waals surface area contributed by atoms with E-state index in [1.807, 2.05) is 25.1 Å². The number of nitrogens with one attached hydrogen (secondary N) is 3. The lowest BCUT2D eigenvalue weighted by molar-refractivity contribution is -0.121. The minimum Gasteiger partial charge on any atom is -0.357 e. The maximum atomic E-state index is 11.9. The molecule has 0 aromatic heterocycles. The van der Waals surface area contributed by atoms with Crippen molar-refractivity contribution in [2.75, 3.05) is 36.9 Å². The number of rotatable bonds is 9. The van der Waals surface area contributed by atoms with Gasteiger partial charge in [0.05, 0.1) is 18.1 Å². The lowest BCUT2D eigenvalue weighted by atomic mass is 10.2. The number of benzene rings is 1. The van der Waals surface area contributed by atoms with Crippen LogP contribution in [0, 0.1) is 0 Å². The van der Waals surface area contributed by atoms with Crippen LogP contribution in [-0.4, -0.2) is 63.2 Å². The number of hydrogen-bond donors (Lipinski definition) is 3. The summed E-state index contributed by atoms with van der Waals surface area (Å²) >= 11 is 1.77. The molecule has 0 bridgehead atoms. The van der Waals surface area contributed by atoms with Crippen LogP contribution in [0.5, 0.6) is 0 Å². The predicted molar refractivity (Wildman–Crippen MR) is 111 cm³/mol. The molecule has 1 aliphatic rings. The first-order valence-electron chi connectivity index (χ1n) is 9.18. The van der Waals surface area contributed by atoms with Gasteiger partial charge in [-0.15, -0.1) is 11.8 Å². The quantitative estimate of drug-likeness (QED) is 0.242. The first kappa shape index (κ1) is 21.6. The molecule has 0 radical (unpaired) electrons. The fraction of sp³-hybridized carbons (Fsp3) is 0.556. The Kier molecular flexibility index (Phi) is 8.93. The highest BCUT2D eigenvalue weighted by Gasteiger charge is 2.28. The summed E-state index contributed by atoms with van der Waals surface area (Å²) in [5.41, 5.74) is 0. The van der Waals surface area contributed by atoms with Crippen LogP contribution < -0.4 is 16.0 Å². The van der Waals surface area contributed by atoms with Gasteiger partial charge in [0.1, 0.15) is 0 Å². The van der Waals surface area contributed by atoms with Crippen molar-refractivity contribution in [2.24, 2.45) is 4.99 Å². The van der Waals surface area contributed by atoms with Gasteiger partial charge in [-0.1, -0.05) is 18.2 Å². The van der Waals surface area contributed by atoms with Crippen LogP contribution in [0.15, 0.2) is 40.2 Å². The Hall–Kier alpha value is -1.74. The van der Waals surface area contributed by atoms with Gasteiger partial charge in [-0.3, -0.25) is 9.79 Å². The Morgan fingerprint density at radius 2 is 2.04 bits per heavy atom. The molecule has 27 heavy (non-hydrogen) atoms. The topological polar surface area (TPSA) is 99.7 Å². The minimum absolute atomic E-state index is 0.0469. The second-order valence-electron chi connectivity index (χ2n) is 6.27. The van der Waals surface area contributed by atoms with Gasteiger partial charge in [-0.05, 0) is 25.5 Å². The van der Waals surface area contributed by atoms with Crippen molar-refractivity contribution in [3.63, 3.8) is 0 Å². The monoisotopic (exact) mass is 412 g/mol. The minimum atomic E-state index is -2.98. The van der Waals surface area contributed by atoms with E-state index in [2.05, 4.69) is 33.1 Å². The molecule has 0 aliphatic carbocycles. The van der Waals surface area contributed by atoms with Gasteiger partial charge in [0, 0.05) is 36.2 Å². The summed E-state index contributed by atoms with van der Waals surface area (Å²) in [6.07, 6.45) is 0.743. The van der Waals surface area contributed by atoms with Crippen LogP contribution in [0.4, 0.5) is 0 Å². The molecule has 150 valence electrons. The third-order valence-corrected chi connectivity index (χ3v) is 6.74. The van der Waals surface area contributed by atoms with Gasteiger partial charge >= 0.3 is 0 Å². The lowest BCUT2D eigenvalue weighted by Gasteiger charge is -2.12. The van der Waals surface area contributed by atoms with E-state index in [-0.39, 0.29) is 29.9 Å². The largest absolute Gasteiger partial charge is 0.357 e. The van der Waals surface area contributed by atoms with Crippen LogP contribution in [0.2, 0.25) is 0 Å². The third kappa shape index (κ3) is 8.66. The smallest absolute Gasteiger partial charge is 0.222 e. The molecule has 1 unspecified atom stereocenters. The molecule has 1 fully saturated rings. The third-order valence-electron chi connectivity index (χ3n) is 3.96. The molecule has 1 aliphatic heterocycles. The number of aliphatic imine (C=N–C) groups is 1. The normalized spacial score (nSPS) is 18.9. The van der Waals surface area contributed by atoms with E-state index in [0.717, 1.165) is 18.8 Å². The van der Waals surface area contributed by atoms with E-state index in [1.165, 1.54) is 4.90 Å². The zero-order valence-corrected chi connectivity index (χ0v) is 17.2. The Labute approximate surface area is 165 Å². The maximum Gasteiger partial charge on any atom is 0.222 e. The first-order chi connectivity index (χ1) is 13.0. The number of guanidine groups is 1. The highest BCUT2D eigenvalue weighted by atomic mass is 32.2. The highest BCUT2D eigenvalue weighted by Crippen LogP contribution is 2.15. The molecule has 0 spiro atoms. The van der Waals surface area contributed by atoms with E-state index in [0.29, 0.717) is 18.9 Å². The van der Waals surface area contributed by atoms with Crippen molar-refractivity contribution < 1.29 is 13.2 Å². The molecule has 1 atom stereocenters. The molecule has 3 N–H and O–H groups in total. The maximum absolute atomic E-state index is 11.9. The van der Waals surface area contributed by atoms with Gasteiger partial charge in [0.25, 0.3) is 0 Å². The first-order valence-corrected chi connectivity index (χ1v) is 12.0. The van der Waals surface area contributed by atoms with Crippen molar-refractivity contribution >= 4 is 33.5 Å². The summed E-state index contributed by atoms with van der Waals surface area (Å²) in [7, 11) is -2.98. The van der Waals surface area contributed by atoms with E-state index < -0.39 is 9.84 Å². The van der Waals surface area contributed by atoms with Crippen LogP contribution in [0.3, 0.4) is 0 Å². The van der Waals surface area contributed by atoms with Gasteiger partial charge in [0.15, 0.2) is 15.8 Å². The average molecular weight is 413 g/mol. The highest BCUT2D eigenvalue weighted by molar-refractivity contribution is 7.99. The second-order valence-corrected chi connectivity index (χ2v) is 9.66. The molecule has 1 heterocycles. The molecular weight excluding hydrogens is 384 g/mol. The number of hydrogen-bond acceptors (Lipinski definition) is 5. The molecule has 9 heteroatoms. The Balaban J connectivity index is 1.67. The van der Waals surface area contributed by atoms with Crippen molar-refractivity contribution in [3.8, 4) is 0 Å². The van der Waals surface area contributed by atoms with Gasteiger partial charge in [-0.25, -0.2) is 8.42 Å². The number of nitrogens with zero attached hydrogens (tertiary/aromatic N) is 1. The molecule has 1 amide bonds. The van der Waals surface area contributed by atoms with Crippen LogP contribution >= 0.6 is 11.8 Å². The molecule has 1 aromatic rings. The van der Waals surface area contributed by atoms with Gasteiger partial charge in [0.2, 0.25) is 5.91 Å². The Morgan fingerprint density at radius 3 is 2.70 bits per heavy atom. The number of thioether (sulfide) groups is 1. The zero-order chi connectivity index (χ0) is 19.5. The fourth-order valence-electron chi connectivity index (χ4n) is 2.67. The van der Waals surface area contributed by atoms with Crippen LogP contribution in [0.1, 0.15) is 19.8 Å². The molecular formula is C18H28N4O3S2. The summed E-state index contributed by atoms with van der Waals surface area (Å²) in [4.78, 5) is 17.6. The molecule has 2 rings (SSSR count). The average Bonchev–Trinajstić information content (AvgIpc) is 2.98. The Morgan fingerprint density at radius 1 is 1.26 bits per heavy atom. The molecule has 0 saturated carbocycles. The fourth-order valence-corrected chi connectivity index (χ4v) is 5.14. The summed E-state index contributed by atoms with van der Waals surface area (Å²) in [6, 6.07) is 9.95. The summed E-state index contributed by atoms with van der Waals surface area (Å²) in [6.45, 7) is 3.84. The van der Waals surface area contributed by atoms with E-state index in [1.54, 1.807) is 11.8 Å². The second kappa shape index (κ2) is 11.2. The van der Waals surface area contributed by atoms with Crippen molar-refractivity contribution in [2.45, 2.75) is 30.7 Å². The number of amides is 1. The van der Waals surface area contributed by atoms with Crippen LogP contribution in [0.25, 0.3) is 0 Å². The summed E-state index contributed by atoms with van der Waals surface area (Å²) in [5, 5.41) is 9.19. The Bertz CT molecular complexity index is 723. The van der Waals surface area contributed by atoms with Gasteiger partial charge in [-0.2, -0.15) is 0 Å². The van der Waals surface area contributed by atoms with Gasteiger partial charge < -0.3 is 16.0 Å². The zero-order valence-electron chi connectivity index (χ0n) is 15.6. The molecule has 7 nitrogen and oxygen atoms in total. The van der Waals surface area contributed by atoms with E-state index in [9.17, 15) is 13.2 Å². The standard InChI is InChI=1S/C18H28N4O3S2/c1-2-19-18(21-11-12-26-16-6-4-3-5-7-16)20-10-8-17(23)22-15-9-13-27(24,25)14-15/h3-7,15H,2,8-14H2,1H3,(H,22,23)(H2,19,20,21).